The van der Waals surface area contributed by atoms with Crippen molar-refractivity contribution in [2.45, 2.75) is 16.6 Å². The second-order valence-electron chi connectivity index (χ2n) is 3.12. The van der Waals surface area contributed by atoms with Gasteiger partial charge in [0, 0.05) is 0 Å². The lowest BCUT2D eigenvalue weighted by atomic mass is 10.7. The third-order valence-corrected chi connectivity index (χ3v) is 4.80. The zero-order valence-electron chi connectivity index (χ0n) is 7.60. The summed E-state index contributed by atoms with van der Waals surface area (Å²) < 4.78 is 111. The van der Waals surface area contributed by atoms with Gasteiger partial charge in [0.15, 0.2) is 0 Å². The molecular formula is C6H7F9Si. The summed E-state index contributed by atoms with van der Waals surface area (Å²) in [5, 5.41) is 0. The van der Waals surface area contributed by atoms with Crippen LogP contribution in [0, 0.1) is 0 Å². The van der Waals surface area contributed by atoms with Gasteiger partial charge in [0.05, 0.1) is 0 Å². The molecule has 0 aromatic rings. The van der Waals surface area contributed by atoms with Gasteiger partial charge in [-0.3, -0.25) is 0 Å². The first-order valence-corrected chi connectivity index (χ1v) is 5.59. The summed E-state index contributed by atoms with van der Waals surface area (Å²) in [7, 11) is -5.99. The fourth-order valence-corrected chi connectivity index (χ4v) is 3.47. The second kappa shape index (κ2) is 4.84. The summed E-state index contributed by atoms with van der Waals surface area (Å²) in [6.45, 7) is -8.39. The highest BCUT2D eigenvalue weighted by Crippen LogP contribution is 2.39. The van der Waals surface area contributed by atoms with Crippen molar-refractivity contribution in [3.63, 3.8) is 0 Å². The summed E-state index contributed by atoms with van der Waals surface area (Å²) in [6.07, 6.45) is 0. The molecule has 98 valence electrons. The predicted molar refractivity (Wildman–Crippen MR) is 39.9 cm³/mol. The van der Waals surface area contributed by atoms with Crippen LogP contribution in [-0.4, -0.2) is 45.5 Å². The molecular weight excluding hydrogens is 271 g/mol. The van der Waals surface area contributed by atoms with Crippen LogP contribution in [0.4, 0.5) is 39.5 Å². The summed E-state index contributed by atoms with van der Waals surface area (Å²) in [5.41, 5.74) is -15.2. The molecule has 0 spiro atoms. The van der Waals surface area contributed by atoms with E-state index in [2.05, 4.69) is 0 Å². The highest BCUT2D eigenvalue weighted by atomic mass is 28.3. The molecule has 0 saturated heterocycles. The zero-order chi connectivity index (χ0) is 13.2. The van der Waals surface area contributed by atoms with Crippen LogP contribution in [0.1, 0.15) is 0 Å². The van der Waals surface area contributed by atoms with E-state index in [4.69, 9.17) is 0 Å². The monoisotopic (exact) mass is 278 g/mol. The van der Waals surface area contributed by atoms with Crippen LogP contribution >= 0.6 is 0 Å². The van der Waals surface area contributed by atoms with Crippen molar-refractivity contribution in [2.75, 3.05) is 20.0 Å². The van der Waals surface area contributed by atoms with E-state index in [0.29, 0.717) is 0 Å². The van der Waals surface area contributed by atoms with Crippen LogP contribution in [0.25, 0.3) is 0 Å². The second-order valence-corrected chi connectivity index (χ2v) is 6.52. The summed E-state index contributed by atoms with van der Waals surface area (Å²) in [4.78, 5) is 0. The van der Waals surface area contributed by atoms with Gasteiger partial charge in [0.25, 0.3) is 25.4 Å². The van der Waals surface area contributed by atoms with Gasteiger partial charge in [-0.15, -0.1) is 0 Å². The van der Waals surface area contributed by atoms with Gasteiger partial charge in [-0.1, -0.05) is 0 Å². The van der Waals surface area contributed by atoms with Crippen molar-refractivity contribution in [1.29, 1.82) is 0 Å². The van der Waals surface area contributed by atoms with Crippen LogP contribution < -0.4 is 0 Å². The van der Waals surface area contributed by atoms with Gasteiger partial charge in [-0.2, -0.15) is 0 Å². The smallest absolute Gasteiger partial charge is 0.245 e. The molecule has 0 atom stereocenters. The Bertz CT molecular complexity index is 190. The number of rotatable bonds is 6. The zero-order valence-corrected chi connectivity index (χ0v) is 8.76. The Morgan fingerprint density at radius 3 is 0.875 bits per heavy atom. The molecule has 0 amide bonds. The minimum Gasteiger partial charge on any atom is -0.245 e. The van der Waals surface area contributed by atoms with Crippen molar-refractivity contribution >= 4 is 8.80 Å². The molecule has 0 N–H and O–H groups in total. The predicted octanol–water partition coefficient (Wildman–Crippen LogP) is 2.65. The Morgan fingerprint density at radius 1 is 0.562 bits per heavy atom. The molecule has 16 heavy (non-hydrogen) atoms. The Morgan fingerprint density at radius 2 is 0.750 bits per heavy atom. The van der Waals surface area contributed by atoms with E-state index in [1.165, 1.54) is 0 Å². The minimum absolute atomic E-state index is 2.80. The Balaban J connectivity index is 5.40. The van der Waals surface area contributed by atoms with Crippen molar-refractivity contribution in [3.05, 3.63) is 0 Å². The lowest BCUT2D eigenvalue weighted by Crippen LogP contribution is -2.65. The normalized spacial score (nSPS) is 14.6. The molecule has 0 fully saturated rings. The van der Waals surface area contributed by atoms with Crippen LogP contribution in [0.15, 0.2) is 0 Å². The number of hydrogen-bond acceptors (Lipinski definition) is 0. The van der Waals surface area contributed by atoms with Crippen LogP contribution in [0.2, 0.25) is 0 Å². The van der Waals surface area contributed by atoms with Crippen LogP contribution in [0.5, 0.6) is 0 Å². The molecule has 0 aliphatic carbocycles. The van der Waals surface area contributed by atoms with Gasteiger partial charge in [-0.05, 0) is 0 Å². The third kappa shape index (κ3) is 3.05. The molecule has 0 rings (SSSR count). The largest absolute Gasteiger partial charge is 0.296 e. The Hall–Kier alpha value is -0.413. The van der Waals surface area contributed by atoms with Crippen LogP contribution in [-0.2, 0) is 0 Å². The molecule has 0 radical (unpaired) electrons. The fourth-order valence-electron chi connectivity index (χ4n) is 1.16. The maximum Gasteiger partial charge on any atom is 0.296 e. The van der Waals surface area contributed by atoms with E-state index in [9.17, 15) is 39.5 Å². The van der Waals surface area contributed by atoms with E-state index in [1.807, 2.05) is 0 Å². The first kappa shape index (κ1) is 15.6. The molecule has 0 aliphatic rings. The lowest BCUT2D eigenvalue weighted by molar-refractivity contribution is -0.0411. The highest BCUT2D eigenvalue weighted by Gasteiger charge is 2.69. The van der Waals surface area contributed by atoms with Gasteiger partial charge in [0.2, 0.25) is 0 Å². The SMILES string of the molecule is FCC(F)(F)[SiH](C(F)(F)CF)C(F)(F)CF. The summed E-state index contributed by atoms with van der Waals surface area (Å²) >= 11 is 0. The number of halogens is 9. The van der Waals surface area contributed by atoms with E-state index in [0.717, 1.165) is 0 Å². The van der Waals surface area contributed by atoms with E-state index >= 15 is 0 Å². The fraction of sp³-hybridized carbons (Fsp3) is 1.00. The van der Waals surface area contributed by atoms with Gasteiger partial charge in [0.1, 0.15) is 20.0 Å². The van der Waals surface area contributed by atoms with Gasteiger partial charge >= 0.3 is 0 Å². The Labute approximate surface area is 86.0 Å². The van der Waals surface area contributed by atoms with E-state index in [-0.39, 0.29) is 0 Å². The first-order chi connectivity index (χ1) is 7.05. The third-order valence-electron chi connectivity index (χ3n) is 1.80. The molecule has 0 aromatic carbocycles. The van der Waals surface area contributed by atoms with Crippen LogP contribution in [0.3, 0.4) is 0 Å². The minimum atomic E-state index is -5.99. The van der Waals surface area contributed by atoms with E-state index in [1.54, 1.807) is 0 Å². The topological polar surface area (TPSA) is 0 Å². The van der Waals surface area contributed by atoms with Gasteiger partial charge < -0.3 is 0 Å². The van der Waals surface area contributed by atoms with Crippen molar-refractivity contribution < 1.29 is 39.5 Å². The molecule has 0 heterocycles. The maximum atomic E-state index is 12.6. The molecule has 0 aliphatic heterocycles. The van der Waals surface area contributed by atoms with E-state index < -0.39 is 45.5 Å². The molecule has 0 nitrogen and oxygen atoms in total. The van der Waals surface area contributed by atoms with Gasteiger partial charge in [-0.25, -0.2) is 39.5 Å². The van der Waals surface area contributed by atoms with Crippen molar-refractivity contribution in [1.82, 2.24) is 0 Å². The molecule has 0 unspecified atom stereocenters. The average Bonchev–Trinajstić information content (AvgIpc) is 2.16. The standard InChI is InChI=1S/C6H7F9Si/c7-1-4(10,11)16(5(12,13)2-8)6(14,15)3-9/h16H,1-3H2. The molecule has 0 aromatic heterocycles. The molecule has 0 bridgehead atoms. The van der Waals surface area contributed by atoms with Crippen molar-refractivity contribution in [3.8, 4) is 0 Å². The summed E-state index contributed by atoms with van der Waals surface area (Å²) in [6, 6.07) is 0. The first-order valence-electron chi connectivity index (χ1n) is 3.86. The average molecular weight is 278 g/mol. The highest BCUT2D eigenvalue weighted by molar-refractivity contribution is 6.66. The number of alkyl halides is 9. The summed E-state index contributed by atoms with van der Waals surface area (Å²) in [5.74, 6) is 0. The quantitative estimate of drug-likeness (QED) is 0.517. The Kier molecular flexibility index (Phi) is 4.72. The van der Waals surface area contributed by atoms with Crippen molar-refractivity contribution in [2.24, 2.45) is 0 Å². The number of hydrogen-bond donors (Lipinski definition) is 0. The molecule has 10 heteroatoms. The lowest BCUT2D eigenvalue weighted by Gasteiger charge is -2.32. The maximum absolute atomic E-state index is 12.6. The molecule has 0 saturated carbocycles.